The SMILES string of the molecule is O=C1NCCCC/C=C\CCCCCCc2nnnn2CCCNC1=O. The van der Waals surface area contributed by atoms with E-state index >= 15 is 0 Å². The molecule has 1 aromatic rings. The Morgan fingerprint density at radius 2 is 1.46 bits per heavy atom. The standard InChI is InChI=1S/C18H30N6O2/c25-17-18(26)20-14-11-15-24-16(21-22-23-24)12-9-7-5-3-1-2-4-6-8-10-13-19-17/h2,4H,1,3,5-15H2,(H,19,25)(H,20,26)/b4-2-. The lowest BCUT2D eigenvalue weighted by Gasteiger charge is -2.07. The molecule has 0 saturated heterocycles. The summed E-state index contributed by atoms with van der Waals surface area (Å²) < 4.78 is 1.79. The van der Waals surface area contributed by atoms with Crippen LogP contribution in [0.2, 0.25) is 0 Å². The van der Waals surface area contributed by atoms with E-state index in [1.807, 2.05) is 0 Å². The van der Waals surface area contributed by atoms with Crippen molar-refractivity contribution < 1.29 is 9.59 Å². The Morgan fingerprint density at radius 3 is 2.23 bits per heavy atom. The van der Waals surface area contributed by atoms with Crippen LogP contribution in [0.3, 0.4) is 0 Å². The lowest BCUT2D eigenvalue weighted by atomic mass is 10.1. The quantitative estimate of drug-likeness (QED) is 0.538. The summed E-state index contributed by atoms with van der Waals surface area (Å²) >= 11 is 0. The summed E-state index contributed by atoms with van der Waals surface area (Å²) in [4.78, 5) is 23.5. The van der Waals surface area contributed by atoms with E-state index in [9.17, 15) is 9.59 Å². The number of rotatable bonds is 0. The first-order chi connectivity index (χ1) is 12.8. The van der Waals surface area contributed by atoms with Gasteiger partial charge >= 0.3 is 11.8 Å². The Labute approximate surface area is 154 Å². The van der Waals surface area contributed by atoms with E-state index in [0.29, 0.717) is 26.1 Å². The Kier molecular flexibility index (Phi) is 9.38. The molecule has 1 aliphatic rings. The Hall–Kier alpha value is -2.25. The zero-order valence-corrected chi connectivity index (χ0v) is 15.5. The van der Waals surface area contributed by atoms with Gasteiger partial charge in [-0.25, -0.2) is 4.68 Å². The lowest BCUT2D eigenvalue weighted by Crippen LogP contribution is -2.40. The zero-order chi connectivity index (χ0) is 18.5. The van der Waals surface area contributed by atoms with Gasteiger partial charge in [-0.1, -0.05) is 25.0 Å². The van der Waals surface area contributed by atoms with E-state index in [0.717, 1.165) is 44.3 Å². The molecule has 1 aromatic heterocycles. The minimum atomic E-state index is -0.576. The molecule has 0 saturated carbocycles. The van der Waals surface area contributed by atoms with Crippen molar-refractivity contribution in [3.8, 4) is 0 Å². The van der Waals surface area contributed by atoms with Crippen LogP contribution in [0, 0.1) is 0 Å². The zero-order valence-electron chi connectivity index (χ0n) is 15.5. The Morgan fingerprint density at radius 1 is 0.808 bits per heavy atom. The number of allylic oxidation sites excluding steroid dienone is 2. The summed E-state index contributed by atoms with van der Waals surface area (Å²) in [5, 5.41) is 17.1. The average molecular weight is 362 g/mol. The first-order valence-electron chi connectivity index (χ1n) is 9.73. The summed E-state index contributed by atoms with van der Waals surface area (Å²) in [6.07, 6.45) is 14.8. The minimum absolute atomic E-state index is 0.427. The maximum Gasteiger partial charge on any atom is 0.309 e. The molecule has 0 fully saturated rings. The molecule has 2 amide bonds. The molecule has 0 radical (unpaired) electrons. The summed E-state index contributed by atoms with van der Waals surface area (Å²) in [5.74, 6) is -0.248. The highest BCUT2D eigenvalue weighted by molar-refractivity contribution is 6.35. The van der Waals surface area contributed by atoms with Crippen LogP contribution in [0.4, 0.5) is 0 Å². The molecule has 26 heavy (non-hydrogen) atoms. The highest BCUT2D eigenvalue weighted by atomic mass is 16.2. The highest BCUT2D eigenvalue weighted by Gasteiger charge is 2.12. The molecule has 2 N–H and O–H groups in total. The van der Waals surface area contributed by atoms with Crippen molar-refractivity contribution in [1.82, 2.24) is 30.8 Å². The molecule has 144 valence electrons. The van der Waals surface area contributed by atoms with Gasteiger partial charge in [-0.2, -0.15) is 0 Å². The fourth-order valence-corrected chi connectivity index (χ4v) is 2.89. The number of carbonyl (C=O) groups is 2. The van der Waals surface area contributed by atoms with E-state index in [1.54, 1.807) is 4.68 Å². The van der Waals surface area contributed by atoms with Crippen LogP contribution in [0.25, 0.3) is 0 Å². The second-order valence-electron chi connectivity index (χ2n) is 6.60. The van der Waals surface area contributed by atoms with Crippen LogP contribution >= 0.6 is 0 Å². The number of nitrogens with one attached hydrogen (secondary N) is 2. The minimum Gasteiger partial charge on any atom is -0.348 e. The van der Waals surface area contributed by atoms with Crippen molar-refractivity contribution in [3.05, 3.63) is 18.0 Å². The Balaban J connectivity index is 1.82. The molecule has 0 unspecified atom stereocenters. The molecule has 0 aromatic carbocycles. The molecule has 1 aliphatic heterocycles. The van der Waals surface area contributed by atoms with Gasteiger partial charge in [0.25, 0.3) is 0 Å². The number of aromatic nitrogens is 4. The molecule has 2 heterocycles. The van der Waals surface area contributed by atoms with Gasteiger partial charge in [0, 0.05) is 26.1 Å². The predicted molar refractivity (Wildman–Crippen MR) is 98.2 cm³/mol. The van der Waals surface area contributed by atoms with E-state index < -0.39 is 11.8 Å². The van der Waals surface area contributed by atoms with Crippen molar-refractivity contribution in [3.63, 3.8) is 0 Å². The van der Waals surface area contributed by atoms with Gasteiger partial charge < -0.3 is 10.6 Å². The van der Waals surface area contributed by atoms with Crippen molar-refractivity contribution in [1.29, 1.82) is 0 Å². The largest absolute Gasteiger partial charge is 0.348 e. The fraction of sp³-hybridized carbons (Fsp3) is 0.722. The van der Waals surface area contributed by atoms with Gasteiger partial charge in [-0.15, -0.1) is 5.10 Å². The predicted octanol–water partition coefficient (Wildman–Crippen LogP) is 1.53. The molecular formula is C18H30N6O2. The molecule has 8 nitrogen and oxygen atoms in total. The summed E-state index contributed by atoms with van der Waals surface area (Å²) in [7, 11) is 0. The second kappa shape index (κ2) is 12.2. The molecule has 0 bridgehead atoms. The van der Waals surface area contributed by atoms with Crippen LogP contribution in [-0.2, 0) is 22.6 Å². The normalized spacial score (nSPS) is 20.9. The van der Waals surface area contributed by atoms with E-state index in [2.05, 4.69) is 38.3 Å². The third-order valence-corrected chi connectivity index (χ3v) is 4.42. The molecule has 8 heteroatoms. The van der Waals surface area contributed by atoms with Crippen LogP contribution in [0.15, 0.2) is 12.2 Å². The smallest absolute Gasteiger partial charge is 0.309 e. The summed E-state index contributed by atoms with van der Waals surface area (Å²) in [5.41, 5.74) is 0. The van der Waals surface area contributed by atoms with Gasteiger partial charge in [0.15, 0.2) is 5.82 Å². The van der Waals surface area contributed by atoms with Gasteiger partial charge in [-0.05, 0) is 55.4 Å². The summed E-state index contributed by atoms with van der Waals surface area (Å²) in [6.45, 7) is 1.60. The van der Waals surface area contributed by atoms with Crippen LogP contribution in [0.5, 0.6) is 0 Å². The number of hydrogen-bond acceptors (Lipinski definition) is 5. The maximum atomic E-state index is 11.7. The van der Waals surface area contributed by atoms with E-state index in [4.69, 9.17) is 0 Å². The monoisotopic (exact) mass is 362 g/mol. The average Bonchev–Trinajstić information content (AvgIpc) is 3.08. The first kappa shape index (κ1) is 20.1. The van der Waals surface area contributed by atoms with E-state index in [1.165, 1.54) is 19.3 Å². The number of hydrogen-bond donors (Lipinski definition) is 2. The van der Waals surface area contributed by atoms with Crippen molar-refractivity contribution in [2.75, 3.05) is 13.1 Å². The maximum absolute atomic E-state index is 11.7. The van der Waals surface area contributed by atoms with Crippen molar-refractivity contribution in [2.45, 2.75) is 70.8 Å². The van der Waals surface area contributed by atoms with Gasteiger partial charge in [0.05, 0.1) is 0 Å². The topological polar surface area (TPSA) is 102 Å². The number of carbonyl (C=O) groups excluding carboxylic acids is 2. The molecule has 0 aliphatic carbocycles. The molecular weight excluding hydrogens is 332 g/mol. The van der Waals surface area contributed by atoms with Gasteiger partial charge in [-0.3, -0.25) is 9.59 Å². The number of nitrogens with zero attached hydrogens (tertiary/aromatic N) is 4. The summed E-state index contributed by atoms with van der Waals surface area (Å²) in [6, 6.07) is 0. The molecule has 0 atom stereocenters. The number of fused-ring (bicyclic) bond motifs is 1. The fourth-order valence-electron chi connectivity index (χ4n) is 2.89. The van der Waals surface area contributed by atoms with Crippen LogP contribution in [-0.4, -0.2) is 45.1 Å². The van der Waals surface area contributed by atoms with Gasteiger partial charge in [0.2, 0.25) is 0 Å². The van der Waals surface area contributed by atoms with Crippen molar-refractivity contribution in [2.24, 2.45) is 0 Å². The van der Waals surface area contributed by atoms with Gasteiger partial charge in [0.1, 0.15) is 0 Å². The number of aryl methyl sites for hydroxylation is 2. The number of tetrazole rings is 1. The third-order valence-electron chi connectivity index (χ3n) is 4.42. The van der Waals surface area contributed by atoms with Crippen molar-refractivity contribution >= 4 is 11.8 Å². The first-order valence-corrected chi connectivity index (χ1v) is 9.73. The highest BCUT2D eigenvalue weighted by Crippen LogP contribution is 2.08. The molecule has 0 spiro atoms. The lowest BCUT2D eigenvalue weighted by molar-refractivity contribution is -0.139. The number of amides is 2. The molecule has 2 rings (SSSR count). The third kappa shape index (κ3) is 7.76. The second-order valence-corrected chi connectivity index (χ2v) is 6.60. The van der Waals surface area contributed by atoms with Crippen LogP contribution in [0.1, 0.15) is 63.6 Å². The van der Waals surface area contributed by atoms with E-state index in [-0.39, 0.29) is 0 Å². The van der Waals surface area contributed by atoms with Crippen LogP contribution < -0.4 is 10.6 Å². The Bertz CT molecular complexity index is 584.